The van der Waals surface area contributed by atoms with Gasteiger partial charge in [0.15, 0.2) is 0 Å². The molecule has 2 atom stereocenters. The van der Waals surface area contributed by atoms with E-state index in [9.17, 15) is 14.7 Å². The van der Waals surface area contributed by atoms with Gasteiger partial charge in [-0.3, -0.25) is 14.6 Å². The highest BCUT2D eigenvalue weighted by molar-refractivity contribution is 5.85. The summed E-state index contributed by atoms with van der Waals surface area (Å²) in [6.07, 6.45) is 4.32. The average Bonchev–Trinajstić information content (AvgIpc) is 2.48. The molecule has 0 aliphatic heterocycles. The second kappa shape index (κ2) is 6.52. The first-order valence-electron chi connectivity index (χ1n) is 7.03. The highest BCUT2D eigenvalue weighted by atomic mass is 16.4. The summed E-state index contributed by atoms with van der Waals surface area (Å²) in [7, 11) is 0. The van der Waals surface area contributed by atoms with E-state index in [4.69, 9.17) is 0 Å². The molecule has 1 aliphatic carbocycles. The zero-order valence-corrected chi connectivity index (χ0v) is 12.3. The molecule has 2 N–H and O–H groups in total. The van der Waals surface area contributed by atoms with E-state index in [2.05, 4.69) is 10.3 Å². The van der Waals surface area contributed by atoms with Crippen LogP contribution in [-0.2, 0) is 16.1 Å². The number of nitrogens with zero attached hydrogens (tertiary/aromatic N) is 1. The number of hydrogen-bond acceptors (Lipinski definition) is 3. The molecular formula is C16H20N2O3. The van der Waals surface area contributed by atoms with Crippen molar-refractivity contribution in [1.29, 1.82) is 0 Å². The van der Waals surface area contributed by atoms with Crippen molar-refractivity contribution in [3.05, 3.63) is 41.2 Å². The SMILES string of the molecule is CC1=C(C)C[C@@H](C(=O)NCc2cccnc2)[C@@H](C(=O)O)C1. The standard InChI is InChI=1S/C16H20N2O3/c1-10-6-13(14(16(20)21)7-11(10)2)15(19)18-9-12-4-3-5-17-8-12/h3-5,8,13-14H,6-7,9H2,1-2H3,(H,18,19)(H,20,21)/t13-,14+/m1/s1. The summed E-state index contributed by atoms with van der Waals surface area (Å²) >= 11 is 0. The first kappa shape index (κ1) is 15.2. The lowest BCUT2D eigenvalue weighted by Gasteiger charge is -2.29. The summed E-state index contributed by atoms with van der Waals surface area (Å²) < 4.78 is 0. The molecule has 0 fully saturated rings. The van der Waals surface area contributed by atoms with Crippen molar-refractivity contribution < 1.29 is 14.7 Å². The maximum absolute atomic E-state index is 12.3. The molecule has 0 radical (unpaired) electrons. The molecule has 0 bridgehead atoms. The summed E-state index contributed by atoms with van der Waals surface area (Å²) in [5, 5.41) is 12.2. The first-order chi connectivity index (χ1) is 9.99. The Bertz CT molecular complexity index is 566. The van der Waals surface area contributed by atoms with E-state index in [1.54, 1.807) is 18.5 Å². The molecule has 1 aromatic rings. The van der Waals surface area contributed by atoms with Crippen molar-refractivity contribution >= 4 is 11.9 Å². The predicted octanol–water partition coefficient (Wildman–Crippen LogP) is 2.15. The van der Waals surface area contributed by atoms with Gasteiger partial charge in [-0.25, -0.2) is 0 Å². The minimum Gasteiger partial charge on any atom is -0.481 e. The van der Waals surface area contributed by atoms with Gasteiger partial charge in [0.2, 0.25) is 5.91 Å². The molecule has 1 aliphatic rings. The van der Waals surface area contributed by atoms with E-state index in [1.165, 1.54) is 0 Å². The van der Waals surface area contributed by atoms with Crippen LogP contribution in [0.3, 0.4) is 0 Å². The van der Waals surface area contributed by atoms with Crippen molar-refractivity contribution in [2.24, 2.45) is 11.8 Å². The lowest BCUT2D eigenvalue weighted by atomic mass is 9.76. The van der Waals surface area contributed by atoms with Crippen LogP contribution in [-0.4, -0.2) is 22.0 Å². The van der Waals surface area contributed by atoms with Gasteiger partial charge in [-0.1, -0.05) is 17.2 Å². The van der Waals surface area contributed by atoms with E-state index in [0.29, 0.717) is 19.4 Å². The van der Waals surface area contributed by atoms with Crippen LogP contribution >= 0.6 is 0 Å². The van der Waals surface area contributed by atoms with Crippen molar-refractivity contribution in [3.8, 4) is 0 Å². The smallest absolute Gasteiger partial charge is 0.307 e. The molecule has 112 valence electrons. The lowest BCUT2D eigenvalue weighted by molar-refractivity contribution is -0.147. The average molecular weight is 288 g/mol. The quantitative estimate of drug-likeness (QED) is 0.832. The van der Waals surface area contributed by atoms with Crippen LogP contribution in [0.2, 0.25) is 0 Å². The maximum Gasteiger partial charge on any atom is 0.307 e. The van der Waals surface area contributed by atoms with E-state index in [1.807, 2.05) is 19.9 Å². The molecular weight excluding hydrogens is 268 g/mol. The fourth-order valence-corrected chi connectivity index (χ4v) is 2.65. The second-order valence-electron chi connectivity index (χ2n) is 5.60. The van der Waals surface area contributed by atoms with Crippen LogP contribution in [0.15, 0.2) is 35.7 Å². The van der Waals surface area contributed by atoms with Crippen molar-refractivity contribution in [3.63, 3.8) is 0 Å². The zero-order valence-electron chi connectivity index (χ0n) is 12.3. The second-order valence-corrected chi connectivity index (χ2v) is 5.60. The normalized spacial score (nSPS) is 22.0. The molecule has 0 spiro atoms. The topological polar surface area (TPSA) is 79.3 Å². The number of aromatic nitrogens is 1. The molecule has 1 aromatic heterocycles. The largest absolute Gasteiger partial charge is 0.481 e. The Balaban J connectivity index is 2.04. The van der Waals surface area contributed by atoms with E-state index >= 15 is 0 Å². The van der Waals surface area contributed by atoms with Gasteiger partial charge in [0, 0.05) is 18.9 Å². The van der Waals surface area contributed by atoms with Crippen molar-refractivity contribution in [1.82, 2.24) is 10.3 Å². The highest BCUT2D eigenvalue weighted by Gasteiger charge is 2.37. The Morgan fingerprint density at radius 2 is 1.95 bits per heavy atom. The van der Waals surface area contributed by atoms with E-state index in [-0.39, 0.29) is 5.91 Å². The molecule has 2 rings (SSSR count). The molecule has 1 heterocycles. The zero-order chi connectivity index (χ0) is 15.4. The Kier molecular flexibility index (Phi) is 4.73. The third-order valence-electron chi connectivity index (χ3n) is 4.11. The third-order valence-corrected chi connectivity index (χ3v) is 4.11. The summed E-state index contributed by atoms with van der Waals surface area (Å²) in [5.41, 5.74) is 3.10. The number of aliphatic carboxylic acids is 1. The lowest BCUT2D eigenvalue weighted by Crippen LogP contribution is -2.39. The van der Waals surface area contributed by atoms with Gasteiger partial charge < -0.3 is 10.4 Å². The monoisotopic (exact) mass is 288 g/mol. The van der Waals surface area contributed by atoms with Gasteiger partial charge in [-0.05, 0) is 38.3 Å². The molecule has 5 heteroatoms. The highest BCUT2D eigenvalue weighted by Crippen LogP contribution is 2.34. The molecule has 0 aromatic carbocycles. The summed E-state index contributed by atoms with van der Waals surface area (Å²) in [5.74, 6) is -2.23. The molecule has 0 unspecified atom stereocenters. The Hall–Kier alpha value is -2.17. The van der Waals surface area contributed by atoms with Gasteiger partial charge in [0.25, 0.3) is 0 Å². The molecule has 1 amide bonds. The number of carbonyl (C=O) groups excluding carboxylic acids is 1. The van der Waals surface area contributed by atoms with Crippen LogP contribution in [0.1, 0.15) is 32.3 Å². The molecule has 0 saturated carbocycles. The Labute approximate surface area is 124 Å². The number of allylic oxidation sites excluding steroid dienone is 2. The van der Waals surface area contributed by atoms with Crippen LogP contribution in [0.4, 0.5) is 0 Å². The first-order valence-corrected chi connectivity index (χ1v) is 7.03. The van der Waals surface area contributed by atoms with Gasteiger partial charge in [0.1, 0.15) is 0 Å². The van der Waals surface area contributed by atoms with Crippen LogP contribution in [0, 0.1) is 11.8 Å². The Morgan fingerprint density at radius 3 is 2.52 bits per heavy atom. The van der Waals surface area contributed by atoms with Crippen LogP contribution in [0.5, 0.6) is 0 Å². The minimum atomic E-state index is -0.900. The Morgan fingerprint density at radius 1 is 1.29 bits per heavy atom. The summed E-state index contributed by atoms with van der Waals surface area (Å²) in [6, 6.07) is 3.68. The predicted molar refractivity (Wildman–Crippen MR) is 78.3 cm³/mol. The van der Waals surface area contributed by atoms with Crippen molar-refractivity contribution in [2.45, 2.75) is 33.2 Å². The number of hydrogen-bond donors (Lipinski definition) is 2. The summed E-state index contributed by atoms with van der Waals surface area (Å²) in [4.78, 5) is 27.7. The summed E-state index contributed by atoms with van der Waals surface area (Å²) in [6.45, 7) is 4.28. The number of nitrogens with one attached hydrogen (secondary N) is 1. The number of carbonyl (C=O) groups is 2. The van der Waals surface area contributed by atoms with Gasteiger partial charge in [0.05, 0.1) is 11.8 Å². The number of carboxylic acids is 1. The fraction of sp³-hybridized carbons (Fsp3) is 0.438. The minimum absolute atomic E-state index is 0.196. The fourth-order valence-electron chi connectivity index (χ4n) is 2.65. The number of amides is 1. The van der Waals surface area contributed by atoms with E-state index in [0.717, 1.165) is 16.7 Å². The van der Waals surface area contributed by atoms with Crippen LogP contribution < -0.4 is 5.32 Å². The number of pyridine rings is 1. The molecule has 21 heavy (non-hydrogen) atoms. The van der Waals surface area contributed by atoms with Gasteiger partial charge in [-0.15, -0.1) is 0 Å². The third kappa shape index (κ3) is 3.68. The maximum atomic E-state index is 12.3. The van der Waals surface area contributed by atoms with Crippen molar-refractivity contribution in [2.75, 3.05) is 0 Å². The number of carboxylic acid groups (broad SMARTS) is 1. The van der Waals surface area contributed by atoms with E-state index < -0.39 is 17.8 Å². The number of rotatable bonds is 4. The molecule has 0 saturated heterocycles. The van der Waals surface area contributed by atoms with Crippen LogP contribution in [0.25, 0.3) is 0 Å². The van der Waals surface area contributed by atoms with Gasteiger partial charge >= 0.3 is 5.97 Å². The molecule has 5 nitrogen and oxygen atoms in total. The van der Waals surface area contributed by atoms with Gasteiger partial charge in [-0.2, -0.15) is 0 Å².